The molecule has 3 heterocycles. The van der Waals surface area contributed by atoms with Crippen molar-refractivity contribution in [1.29, 1.82) is 0 Å². The lowest BCUT2D eigenvalue weighted by Crippen LogP contribution is -2.01. The number of nitrogens with one attached hydrogen (secondary N) is 1. The van der Waals surface area contributed by atoms with Crippen molar-refractivity contribution >= 4 is 23.2 Å². The first kappa shape index (κ1) is 18.5. The van der Waals surface area contributed by atoms with Crippen LogP contribution in [-0.2, 0) is 0 Å². The number of benzene rings is 2. The van der Waals surface area contributed by atoms with Crippen LogP contribution in [0.1, 0.15) is 0 Å². The van der Waals surface area contributed by atoms with Crippen molar-refractivity contribution in [3.8, 4) is 39.7 Å². The third-order valence-corrected chi connectivity index (χ3v) is 5.12. The van der Waals surface area contributed by atoms with E-state index >= 15 is 0 Å². The first-order valence-corrected chi connectivity index (χ1v) is 9.76. The third-order valence-electron chi connectivity index (χ3n) is 4.57. The maximum absolute atomic E-state index is 6.36. The Balaban J connectivity index is 1.59. The van der Waals surface area contributed by atoms with Crippen molar-refractivity contribution < 1.29 is 0 Å². The largest absolute Gasteiger partial charge is 0.237 e. The van der Waals surface area contributed by atoms with Gasteiger partial charge >= 0.3 is 0 Å². The molecule has 0 radical (unpaired) electrons. The van der Waals surface area contributed by atoms with Gasteiger partial charge < -0.3 is 0 Å². The Morgan fingerprint density at radius 2 is 1.70 bits per heavy atom. The first-order chi connectivity index (χ1) is 14.7. The van der Waals surface area contributed by atoms with Crippen LogP contribution in [0.25, 0.3) is 39.7 Å². The SMILES string of the molecule is Clc1ccc(-c2ccc(-c3cc(-c4nn[nH]n4)nn3-c3ccccn3)cc2)c(Cl)c1. The molecule has 3 aromatic heterocycles. The molecule has 0 spiro atoms. The summed E-state index contributed by atoms with van der Waals surface area (Å²) >= 11 is 12.4. The average molecular weight is 434 g/mol. The summed E-state index contributed by atoms with van der Waals surface area (Å²) in [6, 6.07) is 21.1. The van der Waals surface area contributed by atoms with Crippen molar-refractivity contribution in [3.63, 3.8) is 0 Å². The number of nitrogens with zero attached hydrogens (tertiary/aromatic N) is 6. The molecule has 5 rings (SSSR count). The molecule has 1 N–H and O–H groups in total. The van der Waals surface area contributed by atoms with Crippen LogP contribution >= 0.6 is 23.2 Å². The van der Waals surface area contributed by atoms with E-state index in [1.165, 1.54) is 0 Å². The maximum Gasteiger partial charge on any atom is 0.224 e. The molecular weight excluding hydrogens is 421 g/mol. The van der Waals surface area contributed by atoms with E-state index in [2.05, 4.69) is 30.7 Å². The Hall–Kier alpha value is -3.55. The second kappa shape index (κ2) is 7.70. The van der Waals surface area contributed by atoms with E-state index in [0.29, 0.717) is 27.4 Å². The molecule has 2 aromatic carbocycles. The second-order valence-corrected chi connectivity index (χ2v) is 7.30. The average Bonchev–Trinajstić information content (AvgIpc) is 3.45. The fraction of sp³-hybridized carbons (Fsp3) is 0. The zero-order valence-electron chi connectivity index (χ0n) is 15.4. The molecule has 0 aliphatic heterocycles. The van der Waals surface area contributed by atoms with Crippen molar-refractivity contribution in [2.24, 2.45) is 0 Å². The normalized spacial score (nSPS) is 11.0. The van der Waals surface area contributed by atoms with Crippen LogP contribution in [0.3, 0.4) is 0 Å². The van der Waals surface area contributed by atoms with Crippen LogP contribution in [0.5, 0.6) is 0 Å². The highest BCUT2D eigenvalue weighted by Crippen LogP contribution is 2.33. The Kier molecular flexibility index (Phi) is 4.74. The molecule has 0 aliphatic carbocycles. The molecule has 146 valence electrons. The van der Waals surface area contributed by atoms with E-state index in [1.807, 2.05) is 60.7 Å². The zero-order valence-corrected chi connectivity index (χ0v) is 16.9. The predicted octanol–water partition coefficient (Wildman–Crippen LogP) is 5.09. The number of aromatic amines is 1. The van der Waals surface area contributed by atoms with Gasteiger partial charge in [-0.3, -0.25) is 0 Å². The van der Waals surface area contributed by atoms with Gasteiger partial charge in [-0.15, -0.1) is 10.2 Å². The number of tetrazole rings is 1. The van der Waals surface area contributed by atoms with Gasteiger partial charge in [0.2, 0.25) is 5.82 Å². The Morgan fingerprint density at radius 3 is 2.40 bits per heavy atom. The van der Waals surface area contributed by atoms with Crippen LogP contribution in [0, 0.1) is 0 Å². The van der Waals surface area contributed by atoms with Crippen LogP contribution in [-0.4, -0.2) is 35.4 Å². The summed E-state index contributed by atoms with van der Waals surface area (Å²) < 4.78 is 1.76. The van der Waals surface area contributed by atoms with Gasteiger partial charge in [0.15, 0.2) is 5.82 Å². The van der Waals surface area contributed by atoms with Crippen molar-refractivity contribution in [2.45, 2.75) is 0 Å². The topological polar surface area (TPSA) is 85.2 Å². The Bertz CT molecular complexity index is 1300. The van der Waals surface area contributed by atoms with Crippen molar-refractivity contribution in [1.82, 2.24) is 35.4 Å². The summed E-state index contributed by atoms with van der Waals surface area (Å²) in [6.07, 6.45) is 1.72. The van der Waals surface area contributed by atoms with Gasteiger partial charge in [0.05, 0.1) is 5.69 Å². The van der Waals surface area contributed by atoms with Gasteiger partial charge in [0, 0.05) is 27.4 Å². The van der Waals surface area contributed by atoms with Crippen molar-refractivity contribution in [3.05, 3.63) is 83.0 Å². The van der Waals surface area contributed by atoms with E-state index in [4.69, 9.17) is 23.2 Å². The number of aromatic nitrogens is 7. The lowest BCUT2D eigenvalue weighted by molar-refractivity contribution is 0.854. The number of pyridine rings is 1. The zero-order chi connectivity index (χ0) is 20.5. The fourth-order valence-electron chi connectivity index (χ4n) is 3.16. The minimum atomic E-state index is 0.412. The highest BCUT2D eigenvalue weighted by molar-refractivity contribution is 6.36. The minimum Gasteiger partial charge on any atom is -0.237 e. The maximum atomic E-state index is 6.36. The summed E-state index contributed by atoms with van der Waals surface area (Å²) in [5, 5.41) is 20.0. The molecule has 0 unspecified atom stereocenters. The lowest BCUT2D eigenvalue weighted by atomic mass is 10.0. The fourth-order valence-corrected chi connectivity index (χ4v) is 3.68. The number of hydrogen-bond acceptors (Lipinski definition) is 5. The molecule has 0 fully saturated rings. The van der Waals surface area contributed by atoms with E-state index < -0.39 is 0 Å². The third kappa shape index (κ3) is 3.45. The van der Waals surface area contributed by atoms with Crippen LogP contribution in [0.15, 0.2) is 72.9 Å². The highest BCUT2D eigenvalue weighted by Gasteiger charge is 2.16. The van der Waals surface area contributed by atoms with Gasteiger partial charge in [-0.05, 0) is 41.1 Å². The second-order valence-electron chi connectivity index (χ2n) is 6.45. The van der Waals surface area contributed by atoms with Gasteiger partial charge in [-0.1, -0.05) is 59.6 Å². The van der Waals surface area contributed by atoms with Gasteiger partial charge in [0.25, 0.3) is 0 Å². The number of H-pyrrole nitrogens is 1. The predicted molar refractivity (Wildman–Crippen MR) is 115 cm³/mol. The van der Waals surface area contributed by atoms with E-state index in [-0.39, 0.29) is 0 Å². The van der Waals surface area contributed by atoms with Crippen LogP contribution in [0.4, 0.5) is 0 Å². The number of rotatable bonds is 4. The molecule has 0 amide bonds. The standard InChI is InChI=1S/C21H13Cl2N7/c22-15-8-9-16(17(23)11-15)13-4-6-14(7-5-13)19-12-18(21-25-28-29-26-21)27-30(19)20-3-1-2-10-24-20/h1-12H,(H,25,26,28,29). The van der Waals surface area contributed by atoms with Gasteiger partial charge in [-0.2, -0.15) is 10.3 Å². The van der Waals surface area contributed by atoms with Gasteiger partial charge in [-0.25, -0.2) is 9.67 Å². The monoisotopic (exact) mass is 433 g/mol. The number of hydrogen-bond donors (Lipinski definition) is 1. The Morgan fingerprint density at radius 1 is 0.867 bits per heavy atom. The molecule has 7 nitrogen and oxygen atoms in total. The minimum absolute atomic E-state index is 0.412. The highest BCUT2D eigenvalue weighted by atomic mass is 35.5. The molecule has 9 heteroatoms. The van der Waals surface area contributed by atoms with Crippen molar-refractivity contribution in [2.75, 3.05) is 0 Å². The molecular formula is C21H13Cl2N7. The quantitative estimate of drug-likeness (QED) is 0.426. The van der Waals surface area contributed by atoms with E-state index in [1.54, 1.807) is 16.9 Å². The van der Waals surface area contributed by atoms with Gasteiger partial charge in [0.1, 0.15) is 5.69 Å². The summed E-state index contributed by atoms with van der Waals surface area (Å²) in [5.74, 6) is 1.10. The molecule has 0 aliphatic rings. The molecule has 0 atom stereocenters. The summed E-state index contributed by atoms with van der Waals surface area (Å²) in [6.45, 7) is 0. The van der Waals surface area contributed by atoms with Crippen LogP contribution < -0.4 is 0 Å². The molecule has 0 saturated heterocycles. The molecule has 5 aromatic rings. The first-order valence-electron chi connectivity index (χ1n) is 9.00. The number of halogens is 2. The van der Waals surface area contributed by atoms with Crippen LogP contribution in [0.2, 0.25) is 10.0 Å². The Labute approximate surface area is 181 Å². The molecule has 0 saturated carbocycles. The lowest BCUT2D eigenvalue weighted by Gasteiger charge is -2.09. The molecule has 0 bridgehead atoms. The summed E-state index contributed by atoms with van der Waals surface area (Å²) in [7, 11) is 0. The summed E-state index contributed by atoms with van der Waals surface area (Å²) in [5.41, 5.74) is 4.30. The van der Waals surface area contributed by atoms with E-state index in [0.717, 1.165) is 22.4 Å². The smallest absolute Gasteiger partial charge is 0.224 e. The summed E-state index contributed by atoms with van der Waals surface area (Å²) in [4.78, 5) is 4.42. The van der Waals surface area contributed by atoms with E-state index in [9.17, 15) is 0 Å². The molecule has 30 heavy (non-hydrogen) atoms.